The molecule has 9 aromatic rings. The number of carbonyl (C=O) groups is 9. The highest BCUT2D eigenvalue weighted by atomic mass is 16.7. The van der Waals surface area contributed by atoms with Crippen molar-refractivity contribution in [3.8, 4) is 33.8 Å². The van der Waals surface area contributed by atoms with E-state index in [1.807, 2.05) is 156 Å². The van der Waals surface area contributed by atoms with E-state index in [1.165, 1.54) is 22.0 Å². The number of carbonyl (C=O) groups excluding carboxylic acids is 11. The number of hydrogen-bond acceptors (Lipinski definition) is 19. The fourth-order valence-electron chi connectivity index (χ4n) is 16.8. The van der Waals surface area contributed by atoms with Crippen LogP contribution in [0.1, 0.15) is 172 Å². The first kappa shape index (κ1) is 92.2. The van der Waals surface area contributed by atoms with Gasteiger partial charge in [0.15, 0.2) is 30.8 Å². The standard InChI is InChI=1S/C52H58N6O9.C44H52N6O8.CO2/c1-5-24-66-52(63)58-42-31-46(34(2)27-40(42)50(62)57-23-11-9-16-41(57)51(58)67-48-18-10-12-25-65-48)64-26-13-17-47(60)53-39-30-44(56(4)33-39)49(61)54-38-21-19-36(20-22-38)37-29-43(55(3)32-37)45(59)28-35-14-7-6-8-15-35;1-5-21-57-44(54)50-36-26-38(29(2)24-34(36)42(53)49-19-8-6-11-35(49)43(50)58-40-13-7-9-22-56-40)55-23-10-12-39(51)45-33-25-37(48(4)28-33)41(52)46-32-16-14-30(15-17-32)31-18-20-47(3)27-31;2-1-3/h5-8,14-15,19-22,27,29-33,41,48,51H,1,9-13,16-18,23-26,28H2,2-4H3,(H,53,60)(H,54,61);5,14-18,20,24-28,35,40,43H,1,6-13,19,21-23H2,2-4H3,(H,45,51)(H,46,52);/t41-,48?,51?;35-,40?,43?;/m00./s1. The average Bonchev–Trinajstić information content (AvgIpc) is 1.60. The summed E-state index contributed by atoms with van der Waals surface area (Å²) in [7, 11) is 7.30. The van der Waals surface area contributed by atoms with E-state index in [-0.39, 0.29) is 86.6 Å². The van der Waals surface area contributed by atoms with E-state index in [0.717, 1.165) is 79.2 Å². The number of amides is 8. The van der Waals surface area contributed by atoms with Crippen LogP contribution in [0.2, 0.25) is 0 Å². The second-order valence-electron chi connectivity index (χ2n) is 32.5. The van der Waals surface area contributed by atoms with Gasteiger partial charge in [0.1, 0.15) is 36.1 Å². The van der Waals surface area contributed by atoms with Gasteiger partial charge >= 0.3 is 18.3 Å². The fraction of sp³-hybridized carbons (Fsp3) is 0.381. The number of Topliss-reactive ketones (excluding diaryl/α,β-unsaturated/α-hetero) is 1. The van der Waals surface area contributed by atoms with E-state index in [0.29, 0.717) is 156 Å². The molecule has 4 aromatic heterocycles. The molecule has 4 unspecified atom stereocenters. The lowest BCUT2D eigenvalue weighted by atomic mass is 10.00. The Kier molecular flexibility index (Phi) is 31.4. The molecule has 0 bridgehead atoms. The maximum absolute atomic E-state index is 14.2. The predicted molar refractivity (Wildman–Crippen MR) is 479 cm³/mol. The highest BCUT2D eigenvalue weighted by Gasteiger charge is 2.49. The van der Waals surface area contributed by atoms with Gasteiger partial charge in [-0.05, 0) is 198 Å². The van der Waals surface area contributed by atoms with Crippen LogP contribution < -0.4 is 40.5 Å². The second kappa shape index (κ2) is 43.6. The number of ketones is 1. The number of hydrogen-bond donors (Lipinski definition) is 4. The minimum absolute atomic E-state index is 0.0155. The molecule has 4 N–H and O–H groups in total. The van der Waals surface area contributed by atoms with Crippen LogP contribution in [0, 0.1) is 13.8 Å². The molecule has 31 nitrogen and oxygen atoms in total. The average molecular weight is 1750 g/mol. The van der Waals surface area contributed by atoms with Crippen LogP contribution in [-0.2, 0) is 82.2 Å². The second-order valence-corrected chi connectivity index (χ2v) is 32.5. The molecule has 6 aliphatic rings. The number of aromatic nitrogens is 4. The zero-order valence-electron chi connectivity index (χ0n) is 73.1. The maximum atomic E-state index is 14.2. The summed E-state index contributed by atoms with van der Waals surface area (Å²) in [5.74, 6) is -0.560. The Morgan fingerprint density at radius 3 is 1.36 bits per heavy atom. The summed E-state index contributed by atoms with van der Waals surface area (Å²) in [5, 5.41) is 11.6. The third-order valence-electron chi connectivity index (χ3n) is 23.2. The van der Waals surface area contributed by atoms with Crippen LogP contribution in [0.25, 0.3) is 22.3 Å². The number of benzene rings is 5. The normalized spacial score (nSPS) is 18.1. The van der Waals surface area contributed by atoms with Crippen molar-refractivity contribution in [3.63, 3.8) is 0 Å². The van der Waals surface area contributed by atoms with Gasteiger partial charge < -0.3 is 87.2 Å². The van der Waals surface area contributed by atoms with Gasteiger partial charge in [0.2, 0.25) is 11.8 Å². The third kappa shape index (κ3) is 22.9. The number of nitrogens with zero attached hydrogens (tertiary/aromatic N) is 8. The highest BCUT2D eigenvalue weighted by molar-refractivity contribution is 6.09. The lowest BCUT2D eigenvalue weighted by Crippen LogP contribution is -2.57. The summed E-state index contributed by atoms with van der Waals surface area (Å²) in [6.07, 6.45) is 19.6. The molecule has 10 heterocycles. The Balaban J connectivity index is 0.000000214. The van der Waals surface area contributed by atoms with Gasteiger partial charge in [0, 0.05) is 134 Å². The number of rotatable bonds is 29. The van der Waals surface area contributed by atoms with Crippen molar-refractivity contribution < 1.29 is 90.6 Å². The van der Waals surface area contributed by atoms with Gasteiger partial charge in [-0.25, -0.2) is 19.4 Å². The summed E-state index contributed by atoms with van der Waals surface area (Å²) in [5.41, 5.74) is 11.2. The smallest absolute Gasteiger partial charge is 0.416 e. The summed E-state index contributed by atoms with van der Waals surface area (Å²) in [6.45, 7) is 13.6. The Bertz CT molecular complexity index is 5520. The minimum Gasteiger partial charge on any atom is -0.493 e. The zero-order valence-corrected chi connectivity index (χ0v) is 73.1. The van der Waals surface area contributed by atoms with Gasteiger partial charge in [-0.2, -0.15) is 9.59 Å². The fourth-order valence-corrected chi connectivity index (χ4v) is 16.8. The molecule has 6 atom stereocenters. The number of aryl methyl sites for hydroxylation is 6. The van der Waals surface area contributed by atoms with E-state index >= 15 is 0 Å². The molecule has 0 aliphatic carbocycles. The van der Waals surface area contributed by atoms with Crippen molar-refractivity contribution >= 4 is 93.7 Å². The van der Waals surface area contributed by atoms with E-state index in [4.69, 9.17) is 47.5 Å². The Morgan fingerprint density at radius 1 is 0.484 bits per heavy atom. The molecular weight excluding hydrogens is 1640 g/mol. The molecule has 0 saturated carbocycles. The largest absolute Gasteiger partial charge is 0.493 e. The van der Waals surface area contributed by atoms with Crippen molar-refractivity contribution in [2.75, 3.05) is 83.8 Å². The molecule has 15 rings (SSSR count). The Labute approximate surface area is 743 Å². The number of nitrogens with one attached hydrogen (secondary N) is 4. The summed E-state index contributed by atoms with van der Waals surface area (Å²) in [4.78, 5) is 145. The Hall–Kier alpha value is -13.5. The predicted octanol–water partition coefficient (Wildman–Crippen LogP) is 15.6. The first-order valence-electron chi connectivity index (χ1n) is 43.4. The molecule has 128 heavy (non-hydrogen) atoms. The first-order chi connectivity index (χ1) is 62.0. The van der Waals surface area contributed by atoms with Crippen LogP contribution in [0.3, 0.4) is 0 Å². The molecule has 8 amide bonds. The topological polar surface area (TPSA) is 342 Å². The summed E-state index contributed by atoms with van der Waals surface area (Å²) < 4.78 is 55.9. The van der Waals surface area contributed by atoms with Crippen molar-refractivity contribution in [2.45, 2.75) is 160 Å². The third-order valence-corrected chi connectivity index (χ3v) is 23.2. The van der Waals surface area contributed by atoms with Crippen molar-refractivity contribution in [2.24, 2.45) is 28.2 Å². The van der Waals surface area contributed by atoms with Crippen molar-refractivity contribution in [3.05, 3.63) is 229 Å². The first-order valence-corrected chi connectivity index (χ1v) is 43.4. The van der Waals surface area contributed by atoms with E-state index < -0.39 is 49.3 Å². The molecule has 31 heteroatoms. The van der Waals surface area contributed by atoms with Crippen LogP contribution in [0.5, 0.6) is 11.5 Å². The number of fused-ring (bicyclic) bond motifs is 4. The van der Waals surface area contributed by atoms with Gasteiger partial charge in [0.25, 0.3) is 23.6 Å². The quantitative estimate of drug-likeness (QED) is 0.0192. The van der Waals surface area contributed by atoms with Gasteiger partial charge in [-0.15, -0.1) is 0 Å². The maximum Gasteiger partial charge on any atom is 0.416 e. The number of piperidine rings is 2. The minimum atomic E-state index is -0.860. The molecule has 4 saturated heterocycles. The lowest BCUT2D eigenvalue weighted by molar-refractivity contribution is -0.199. The SMILES string of the molecule is C=CCOC(=O)N1c2cc(OCCCC(=O)Nc3cc(C(=O)Nc4ccc(-c5cc(C(=O)Cc6ccccc6)n(C)c5)cc4)n(C)c3)c(C)cc2C(=O)N2CCCC[C@H]2C1OC1CCCCO1.C=CCOC(=O)N1c2cc(OCCCC(=O)Nc3cc(C(=O)Nc4ccc(-c5ccn(C)c5)cc4)n(C)c3)c(C)cc2C(=O)N2CCCC[C@H]2C1OC1CCCCO1.O=C=O. The molecular formula is C97H110N12O19. The number of ether oxygens (including phenoxy) is 8. The van der Waals surface area contributed by atoms with Crippen LogP contribution in [0.4, 0.5) is 43.7 Å². The Morgan fingerprint density at radius 2 is 0.930 bits per heavy atom. The van der Waals surface area contributed by atoms with Crippen LogP contribution in [0.15, 0.2) is 184 Å². The van der Waals surface area contributed by atoms with Gasteiger partial charge in [0.05, 0.1) is 64.9 Å². The molecule has 672 valence electrons. The lowest BCUT2D eigenvalue weighted by Gasteiger charge is -2.42. The van der Waals surface area contributed by atoms with Crippen LogP contribution in [-0.4, -0.2) is 177 Å². The van der Waals surface area contributed by atoms with Gasteiger partial charge in [-0.3, -0.25) is 33.6 Å². The van der Waals surface area contributed by atoms with Gasteiger partial charge in [-0.1, -0.05) is 79.9 Å². The summed E-state index contributed by atoms with van der Waals surface area (Å²) >= 11 is 0. The monoisotopic (exact) mass is 1750 g/mol. The van der Waals surface area contributed by atoms with E-state index in [2.05, 4.69) is 34.4 Å². The van der Waals surface area contributed by atoms with E-state index in [9.17, 15) is 43.2 Å². The highest BCUT2D eigenvalue weighted by Crippen LogP contribution is 2.43. The van der Waals surface area contributed by atoms with Crippen molar-refractivity contribution in [1.82, 2.24) is 28.1 Å². The van der Waals surface area contributed by atoms with E-state index in [1.54, 1.807) is 72.0 Å². The molecule has 4 fully saturated rings. The molecule has 5 aromatic carbocycles. The number of anilines is 6. The molecule has 6 aliphatic heterocycles. The zero-order chi connectivity index (χ0) is 90.5. The molecule has 0 radical (unpaired) electrons. The van der Waals surface area contributed by atoms with Crippen LogP contribution >= 0.6 is 0 Å². The summed E-state index contributed by atoms with van der Waals surface area (Å²) in [6, 6.07) is 37.9. The van der Waals surface area contributed by atoms with Crippen molar-refractivity contribution in [1.29, 1.82) is 0 Å². The molecule has 0 spiro atoms.